The Bertz CT molecular complexity index is 1410. The van der Waals surface area contributed by atoms with E-state index >= 15 is 0 Å². The van der Waals surface area contributed by atoms with Crippen LogP contribution >= 0.6 is 0 Å². The van der Waals surface area contributed by atoms with Crippen molar-refractivity contribution in [3.8, 4) is 0 Å². The van der Waals surface area contributed by atoms with Crippen LogP contribution in [0.5, 0.6) is 0 Å². The van der Waals surface area contributed by atoms with Crippen molar-refractivity contribution in [2.24, 2.45) is 0 Å². The van der Waals surface area contributed by atoms with Crippen molar-refractivity contribution in [3.05, 3.63) is 122 Å². The minimum absolute atomic E-state index is 0. The SMILES string of the molecule is [Cl-].[Cl-].[Ru+2].c1ccc2[nH]ncc2c1.c1ccc2[nH]ncc2c1.c1ccc2[nH]ncc2c1.c1ccc2[nH]ncc2c1. The van der Waals surface area contributed by atoms with E-state index in [1.807, 2.05) is 122 Å². The Hall–Kier alpha value is -4.04. The molecule has 0 saturated heterocycles. The van der Waals surface area contributed by atoms with E-state index in [-0.39, 0.29) is 44.3 Å². The average molecular weight is 645 g/mol. The summed E-state index contributed by atoms with van der Waals surface area (Å²) >= 11 is 0. The van der Waals surface area contributed by atoms with Gasteiger partial charge in [0.1, 0.15) is 0 Å². The van der Waals surface area contributed by atoms with Gasteiger partial charge in [-0.05, 0) is 24.3 Å². The molecule has 0 atom stereocenters. The zero-order valence-electron chi connectivity index (χ0n) is 20.4. The van der Waals surface area contributed by atoms with Crippen LogP contribution in [0.2, 0.25) is 0 Å². The second kappa shape index (κ2) is 16.0. The number of para-hydroxylation sites is 4. The van der Waals surface area contributed by atoms with Crippen molar-refractivity contribution in [1.82, 2.24) is 40.8 Å². The first-order valence-corrected chi connectivity index (χ1v) is 11.4. The summed E-state index contributed by atoms with van der Waals surface area (Å²) in [5.41, 5.74) is 4.38. The Morgan fingerprint density at radius 3 is 0.744 bits per heavy atom. The maximum absolute atomic E-state index is 3.88. The molecule has 8 nitrogen and oxygen atoms in total. The molecule has 4 aromatic heterocycles. The molecule has 0 aliphatic heterocycles. The smallest absolute Gasteiger partial charge is 1.00 e. The first-order valence-electron chi connectivity index (χ1n) is 11.4. The van der Waals surface area contributed by atoms with Gasteiger partial charge in [0.15, 0.2) is 0 Å². The minimum atomic E-state index is 0. The van der Waals surface area contributed by atoms with Gasteiger partial charge >= 0.3 is 19.5 Å². The number of fused-ring (bicyclic) bond motifs is 4. The fourth-order valence-corrected chi connectivity index (χ4v) is 3.53. The van der Waals surface area contributed by atoms with Crippen LogP contribution in [-0.2, 0) is 19.5 Å². The van der Waals surface area contributed by atoms with E-state index in [1.54, 1.807) is 0 Å². The minimum Gasteiger partial charge on any atom is -1.00 e. The Morgan fingerprint density at radius 1 is 0.333 bits per heavy atom. The number of nitrogens with one attached hydrogen (secondary N) is 4. The van der Waals surface area contributed by atoms with Crippen LogP contribution in [0.4, 0.5) is 0 Å². The summed E-state index contributed by atoms with van der Waals surface area (Å²) in [7, 11) is 0. The maximum atomic E-state index is 3.88. The third-order valence-corrected chi connectivity index (χ3v) is 5.40. The van der Waals surface area contributed by atoms with Gasteiger partial charge in [-0.25, -0.2) is 0 Å². The van der Waals surface area contributed by atoms with Crippen molar-refractivity contribution in [2.45, 2.75) is 0 Å². The molecule has 4 N–H and O–H groups in total. The quantitative estimate of drug-likeness (QED) is 0.178. The maximum Gasteiger partial charge on any atom is 2.00 e. The van der Waals surface area contributed by atoms with Crippen molar-refractivity contribution < 1.29 is 44.3 Å². The largest absolute Gasteiger partial charge is 2.00 e. The molecular weight excluding hydrogens is 620 g/mol. The van der Waals surface area contributed by atoms with E-state index < -0.39 is 0 Å². The molecule has 4 aromatic carbocycles. The van der Waals surface area contributed by atoms with Gasteiger partial charge in [0.25, 0.3) is 0 Å². The van der Waals surface area contributed by atoms with Crippen molar-refractivity contribution in [1.29, 1.82) is 0 Å². The van der Waals surface area contributed by atoms with E-state index in [2.05, 4.69) is 40.8 Å². The van der Waals surface area contributed by atoms with Crippen LogP contribution in [0, 0.1) is 0 Å². The van der Waals surface area contributed by atoms with Gasteiger partial charge in [-0.1, -0.05) is 72.8 Å². The van der Waals surface area contributed by atoms with Crippen LogP contribution in [-0.4, -0.2) is 40.8 Å². The predicted molar refractivity (Wildman–Crippen MR) is 144 cm³/mol. The molecule has 39 heavy (non-hydrogen) atoms. The fourth-order valence-electron chi connectivity index (χ4n) is 3.53. The van der Waals surface area contributed by atoms with E-state index in [0.717, 1.165) is 43.6 Å². The van der Waals surface area contributed by atoms with Crippen molar-refractivity contribution >= 4 is 43.6 Å². The summed E-state index contributed by atoms with van der Waals surface area (Å²) in [4.78, 5) is 0. The molecule has 0 spiro atoms. The summed E-state index contributed by atoms with van der Waals surface area (Å²) < 4.78 is 0. The predicted octanol–water partition coefficient (Wildman–Crippen LogP) is 0.257. The van der Waals surface area contributed by atoms with Crippen LogP contribution in [0.15, 0.2) is 122 Å². The van der Waals surface area contributed by atoms with E-state index in [4.69, 9.17) is 0 Å². The van der Waals surface area contributed by atoms with Gasteiger partial charge in [-0.2, -0.15) is 20.4 Å². The number of aromatic amines is 4. The number of nitrogens with zero attached hydrogens (tertiary/aromatic N) is 4. The third-order valence-electron chi connectivity index (χ3n) is 5.40. The van der Waals surface area contributed by atoms with Crippen molar-refractivity contribution in [3.63, 3.8) is 0 Å². The molecule has 0 radical (unpaired) electrons. The zero-order chi connectivity index (χ0) is 24.4. The van der Waals surface area contributed by atoms with Gasteiger partial charge in [-0.15, -0.1) is 0 Å². The molecule has 0 fully saturated rings. The summed E-state index contributed by atoms with van der Waals surface area (Å²) in [6.07, 6.45) is 7.26. The normalized spacial score (nSPS) is 9.44. The van der Waals surface area contributed by atoms with Crippen molar-refractivity contribution in [2.75, 3.05) is 0 Å². The Kier molecular flexibility index (Phi) is 12.8. The Labute approximate surface area is 249 Å². The average Bonchev–Trinajstić information content (AvgIpc) is 3.76. The van der Waals surface area contributed by atoms with Crippen LogP contribution in [0.25, 0.3) is 43.6 Å². The number of halogens is 2. The van der Waals surface area contributed by atoms with Gasteiger partial charge < -0.3 is 24.8 Å². The first-order chi connectivity index (χ1) is 17.9. The number of H-pyrrole nitrogens is 4. The number of hydrogen-bond acceptors (Lipinski definition) is 4. The van der Waals surface area contributed by atoms with Crippen LogP contribution in [0.1, 0.15) is 0 Å². The van der Waals surface area contributed by atoms with Gasteiger partial charge in [-0.3, -0.25) is 20.4 Å². The summed E-state index contributed by atoms with van der Waals surface area (Å²) in [5, 5.41) is 31.6. The molecule has 8 aromatic rings. The molecule has 198 valence electrons. The Balaban J connectivity index is 0.000000178. The second-order valence-electron chi connectivity index (χ2n) is 7.83. The fraction of sp³-hybridized carbons (Fsp3) is 0. The van der Waals surface area contributed by atoms with Gasteiger partial charge in [0, 0.05) is 21.5 Å². The molecular formula is C28H24Cl2N8Ru. The summed E-state index contributed by atoms with van der Waals surface area (Å²) in [5.74, 6) is 0. The van der Waals surface area contributed by atoms with Crippen LogP contribution < -0.4 is 24.8 Å². The number of hydrogen-bond donors (Lipinski definition) is 4. The molecule has 0 aliphatic carbocycles. The molecule has 8 rings (SSSR count). The summed E-state index contributed by atoms with van der Waals surface area (Å²) in [6.45, 7) is 0. The molecule has 0 unspecified atom stereocenters. The second-order valence-corrected chi connectivity index (χ2v) is 7.83. The topological polar surface area (TPSA) is 115 Å². The van der Waals surface area contributed by atoms with E-state index in [0.29, 0.717) is 0 Å². The molecule has 0 bridgehead atoms. The summed E-state index contributed by atoms with van der Waals surface area (Å²) in [6, 6.07) is 32.1. The van der Waals surface area contributed by atoms with E-state index in [9.17, 15) is 0 Å². The molecule has 0 amide bonds. The molecule has 0 saturated carbocycles. The molecule has 0 aliphatic rings. The Morgan fingerprint density at radius 2 is 0.538 bits per heavy atom. The number of rotatable bonds is 0. The first kappa shape index (κ1) is 31.2. The number of aromatic nitrogens is 8. The van der Waals surface area contributed by atoms with Crippen LogP contribution in [0.3, 0.4) is 0 Å². The monoisotopic (exact) mass is 644 g/mol. The zero-order valence-corrected chi connectivity index (χ0v) is 23.7. The van der Waals surface area contributed by atoms with Gasteiger partial charge in [0.05, 0.1) is 46.9 Å². The number of benzene rings is 4. The standard InChI is InChI=1S/4C7H6N2.2ClH.Ru/c4*1-2-4-7-6(3-1)5-8-9-7;;;/h4*1-5H,(H,8,9);2*1H;/q;;;;;;+2/p-2. The molecule has 4 heterocycles. The third kappa shape index (κ3) is 8.48. The molecule has 11 heteroatoms. The van der Waals surface area contributed by atoms with Gasteiger partial charge in [0.2, 0.25) is 0 Å². The van der Waals surface area contributed by atoms with E-state index in [1.165, 1.54) is 0 Å².